The molecule has 4 aromatic heterocycles. The van der Waals surface area contributed by atoms with E-state index in [0.717, 1.165) is 43.2 Å². The summed E-state index contributed by atoms with van der Waals surface area (Å²) in [5, 5.41) is 16.9. The number of fused-ring (bicyclic) bond motifs is 2. The van der Waals surface area contributed by atoms with Gasteiger partial charge in [-0.15, -0.1) is 15.3 Å². The molecule has 0 saturated carbocycles. The van der Waals surface area contributed by atoms with Gasteiger partial charge in [0.05, 0.1) is 12.8 Å². The standard InChI is InChI=1S/C22H25N7O3S/c1-14-10-18(27-32-14)21-25-24-20-11-19(30-2)22(26-29(20)21)31-13-16-5-4-15-12-28(8-9-33-3)7-6-17(15)23-16/h4-5,10-11H,6-9,12-13H2,1-3H3. The first kappa shape index (κ1) is 21.7. The average Bonchev–Trinajstić information content (AvgIpc) is 3.45. The molecule has 4 aromatic rings. The van der Waals surface area contributed by atoms with Gasteiger partial charge in [0.15, 0.2) is 17.1 Å². The summed E-state index contributed by atoms with van der Waals surface area (Å²) in [6, 6.07) is 7.69. The highest BCUT2D eigenvalue weighted by atomic mass is 32.2. The van der Waals surface area contributed by atoms with Crippen LogP contribution < -0.4 is 9.47 Å². The highest BCUT2D eigenvalue weighted by molar-refractivity contribution is 7.98. The van der Waals surface area contributed by atoms with Crippen molar-refractivity contribution < 1.29 is 14.0 Å². The number of nitrogens with zero attached hydrogens (tertiary/aromatic N) is 7. The topological polar surface area (TPSA) is 104 Å². The summed E-state index contributed by atoms with van der Waals surface area (Å²) < 4.78 is 18.2. The fourth-order valence-electron chi connectivity index (χ4n) is 3.83. The van der Waals surface area contributed by atoms with Crippen LogP contribution in [0, 0.1) is 6.92 Å². The number of pyridine rings is 1. The molecule has 0 aliphatic carbocycles. The molecule has 10 nitrogen and oxygen atoms in total. The minimum atomic E-state index is 0.277. The predicted molar refractivity (Wildman–Crippen MR) is 124 cm³/mol. The Morgan fingerprint density at radius 2 is 2.12 bits per heavy atom. The van der Waals surface area contributed by atoms with Crippen molar-refractivity contribution in [2.45, 2.75) is 26.5 Å². The molecule has 0 bridgehead atoms. The van der Waals surface area contributed by atoms with Gasteiger partial charge < -0.3 is 14.0 Å². The second-order valence-corrected chi connectivity index (χ2v) is 8.84. The van der Waals surface area contributed by atoms with Crippen LogP contribution in [0.4, 0.5) is 0 Å². The summed E-state index contributed by atoms with van der Waals surface area (Å²) in [7, 11) is 1.57. The third-order valence-electron chi connectivity index (χ3n) is 5.56. The van der Waals surface area contributed by atoms with Crippen LogP contribution >= 0.6 is 11.8 Å². The molecule has 0 saturated heterocycles. The van der Waals surface area contributed by atoms with Crippen LogP contribution in [0.2, 0.25) is 0 Å². The average molecular weight is 468 g/mol. The molecule has 33 heavy (non-hydrogen) atoms. The van der Waals surface area contributed by atoms with Gasteiger partial charge in [0.25, 0.3) is 5.88 Å². The van der Waals surface area contributed by atoms with Crippen LogP contribution in [0.3, 0.4) is 0 Å². The highest BCUT2D eigenvalue weighted by Gasteiger charge is 2.19. The zero-order valence-corrected chi connectivity index (χ0v) is 19.6. The zero-order chi connectivity index (χ0) is 22.8. The molecule has 11 heteroatoms. The molecular formula is C22H25N7O3S. The lowest BCUT2D eigenvalue weighted by molar-refractivity contribution is 0.258. The van der Waals surface area contributed by atoms with Crippen LogP contribution in [0.5, 0.6) is 11.6 Å². The fourth-order valence-corrected chi connectivity index (χ4v) is 4.27. The van der Waals surface area contributed by atoms with E-state index in [-0.39, 0.29) is 6.61 Å². The van der Waals surface area contributed by atoms with Crippen molar-refractivity contribution in [2.75, 3.05) is 32.2 Å². The summed E-state index contributed by atoms with van der Waals surface area (Å²) in [6.07, 6.45) is 3.10. The molecule has 0 N–H and O–H groups in total. The van der Waals surface area contributed by atoms with E-state index in [4.69, 9.17) is 19.0 Å². The first-order valence-corrected chi connectivity index (χ1v) is 12.1. The fraction of sp³-hybridized carbons (Fsp3) is 0.409. The van der Waals surface area contributed by atoms with Crippen LogP contribution in [0.15, 0.2) is 28.8 Å². The summed E-state index contributed by atoms with van der Waals surface area (Å²) in [5.41, 5.74) is 4.36. The van der Waals surface area contributed by atoms with Crippen molar-refractivity contribution >= 4 is 17.4 Å². The van der Waals surface area contributed by atoms with Gasteiger partial charge >= 0.3 is 0 Å². The molecule has 0 radical (unpaired) electrons. The Kier molecular flexibility index (Phi) is 6.14. The molecule has 0 fully saturated rings. The van der Waals surface area contributed by atoms with Gasteiger partial charge in [0.1, 0.15) is 12.4 Å². The van der Waals surface area contributed by atoms with E-state index in [2.05, 4.69) is 37.7 Å². The maximum atomic E-state index is 6.02. The van der Waals surface area contributed by atoms with Gasteiger partial charge in [0.2, 0.25) is 5.82 Å². The molecule has 5 heterocycles. The van der Waals surface area contributed by atoms with Crippen LogP contribution in [-0.2, 0) is 19.6 Å². The Bertz CT molecular complexity index is 1270. The lowest BCUT2D eigenvalue weighted by Crippen LogP contribution is -2.33. The number of thioether (sulfide) groups is 1. The number of ether oxygens (including phenoxy) is 2. The number of methoxy groups -OCH3 is 1. The first-order chi connectivity index (χ1) is 16.1. The lowest BCUT2D eigenvalue weighted by Gasteiger charge is -2.28. The Morgan fingerprint density at radius 1 is 1.21 bits per heavy atom. The molecule has 1 aliphatic rings. The van der Waals surface area contributed by atoms with Gasteiger partial charge in [-0.2, -0.15) is 16.3 Å². The molecule has 172 valence electrons. The minimum absolute atomic E-state index is 0.277. The van der Waals surface area contributed by atoms with Crippen molar-refractivity contribution in [1.82, 2.24) is 34.9 Å². The molecule has 0 aromatic carbocycles. The van der Waals surface area contributed by atoms with E-state index in [9.17, 15) is 0 Å². The Hall–Kier alpha value is -3.18. The maximum Gasteiger partial charge on any atom is 0.275 e. The van der Waals surface area contributed by atoms with E-state index in [1.165, 1.54) is 5.56 Å². The van der Waals surface area contributed by atoms with Gasteiger partial charge in [-0.1, -0.05) is 11.2 Å². The van der Waals surface area contributed by atoms with Crippen LogP contribution in [0.25, 0.3) is 17.2 Å². The summed E-state index contributed by atoms with van der Waals surface area (Å²) in [4.78, 5) is 7.32. The molecule has 0 amide bonds. The predicted octanol–water partition coefficient (Wildman–Crippen LogP) is 2.79. The molecule has 0 spiro atoms. The smallest absolute Gasteiger partial charge is 0.275 e. The minimum Gasteiger partial charge on any atom is -0.491 e. The van der Waals surface area contributed by atoms with Crippen molar-refractivity contribution in [1.29, 1.82) is 0 Å². The van der Waals surface area contributed by atoms with Gasteiger partial charge in [-0.05, 0) is 24.8 Å². The molecule has 1 aliphatic heterocycles. The number of aryl methyl sites for hydroxylation is 1. The van der Waals surface area contributed by atoms with Crippen LogP contribution in [-0.4, -0.2) is 67.1 Å². The van der Waals surface area contributed by atoms with Gasteiger partial charge in [-0.3, -0.25) is 9.88 Å². The normalized spacial score (nSPS) is 13.9. The Balaban J connectivity index is 1.35. The molecular weight excluding hydrogens is 442 g/mol. The molecule has 5 rings (SSSR count). The Labute approximate surface area is 195 Å². The van der Waals surface area contributed by atoms with Gasteiger partial charge in [0, 0.05) is 49.6 Å². The third-order valence-corrected chi connectivity index (χ3v) is 6.15. The second kappa shape index (κ2) is 9.36. The SMILES string of the molecule is COc1cc2nnc(-c3cc(C)on3)n2nc1OCc1ccc2c(n1)CCN(CCSC)C2. The van der Waals surface area contributed by atoms with Crippen molar-refractivity contribution in [3.8, 4) is 23.1 Å². The molecule has 0 unspecified atom stereocenters. The van der Waals surface area contributed by atoms with E-state index in [1.54, 1.807) is 23.8 Å². The third kappa shape index (κ3) is 4.51. The summed E-state index contributed by atoms with van der Waals surface area (Å²) in [6.45, 7) is 5.19. The van der Waals surface area contributed by atoms with Crippen molar-refractivity contribution in [3.05, 3.63) is 47.0 Å². The van der Waals surface area contributed by atoms with Crippen molar-refractivity contribution in [2.24, 2.45) is 0 Å². The number of rotatable bonds is 8. The largest absolute Gasteiger partial charge is 0.491 e. The quantitative estimate of drug-likeness (QED) is 0.384. The number of hydrogen-bond donors (Lipinski definition) is 0. The second-order valence-electron chi connectivity index (χ2n) is 7.85. The highest BCUT2D eigenvalue weighted by Crippen LogP contribution is 2.28. The summed E-state index contributed by atoms with van der Waals surface area (Å²) >= 11 is 1.88. The number of aromatic nitrogens is 6. The van der Waals surface area contributed by atoms with Gasteiger partial charge in [-0.25, -0.2) is 0 Å². The number of hydrogen-bond acceptors (Lipinski definition) is 10. The van der Waals surface area contributed by atoms with Crippen LogP contribution in [0.1, 0.15) is 22.7 Å². The van der Waals surface area contributed by atoms with E-state index in [1.807, 2.05) is 24.8 Å². The first-order valence-electron chi connectivity index (χ1n) is 10.7. The lowest BCUT2D eigenvalue weighted by atomic mass is 10.1. The van der Waals surface area contributed by atoms with E-state index >= 15 is 0 Å². The molecule has 0 atom stereocenters. The van der Waals surface area contributed by atoms with E-state index in [0.29, 0.717) is 34.6 Å². The summed E-state index contributed by atoms with van der Waals surface area (Å²) in [5.74, 6) is 3.09. The Morgan fingerprint density at radius 3 is 2.91 bits per heavy atom. The monoisotopic (exact) mass is 467 g/mol. The van der Waals surface area contributed by atoms with E-state index < -0.39 is 0 Å². The van der Waals surface area contributed by atoms with Crippen molar-refractivity contribution in [3.63, 3.8) is 0 Å². The maximum absolute atomic E-state index is 6.02. The zero-order valence-electron chi connectivity index (χ0n) is 18.8.